The summed E-state index contributed by atoms with van der Waals surface area (Å²) >= 11 is 0. The minimum atomic E-state index is 1.03. The van der Waals surface area contributed by atoms with Crippen LogP contribution in [0.4, 0.5) is 0 Å². The van der Waals surface area contributed by atoms with Gasteiger partial charge in [0.2, 0.25) is 0 Å². The van der Waals surface area contributed by atoms with Crippen molar-refractivity contribution in [2.24, 2.45) is 0 Å². The fourth-order valence-corrected chi connectivity index (χ4v) is 1.04. The van der Waals surface area contributed by atoms with Crippen molar-refractivity contribution in [3.63, 3.8) is 0 Å². The Kier molecular flexibility index (Phi) is 5.73. The van der Waals surface area contributed by atoms with Crippen molar-refractivity contribution in [3.05, 3.63) is 24.3 Å². The molecule has 0 aromatic rings. The van der Waals surface area contributed by atoms with Crippen LogP contribution in [0.3, 0.4) is 0 Å². The Morgan fingerprint density at radius 3 is 2.17 bits per heavy atom. The summed E-state index contributed by atoms with van der Waals surface area (Å²) < 4.78 is 0. The molecular weight excluding hydrogens is 146 g/mol. The molecule has 70 valence electrons. The second kappa shape index (κ2) is 6.01. The number of hydrogen-bond acceptors (Lipinski definition) is 1. The summed E-state index contributed by atoms with van der Waals surface area (Å²) in [5.41, 5.74) is 2.42. The van der Waals surface area contributed by atoms with Gasteiger partial charge in [-0.25, -0.2) is 0 Å². The van der Waals surface area contributed by atoms with E-state index in [1.54, 1.807) is 0 Å². The van der Waals surface area contributed by atoms with Gasteiger partial charge in [0.05, 0.1) is 0 Å². The highest BCUT2D eigenvalue weighted by Gasteiger charge is 1.98. The first-order valence-electron chi connectivity index (χ1n) is 4.58. The van der Waals surface area contributed by atoms with Gasteiger partial charge in [-0.2, -0.15) is 0 Å². The minimum absolute atomic E-state index is 1.03. The molecule has 1 heteroatoms. The maximum atomic E-state index is 4.00. The van der Waals surface area contributed by atoms with Crippen molar-refractivity contribution in [1.29, 1.82) is 0 Å². The summed E-state index contributed by atoms with van der Waals surface area (Å²) in [5.74, 6) is 0. The molecule has 0 aliphatic heterocycles. The van der Waals surface area contributed by atoms with Crippen molar-refractivity contribution >= 4 is 0 Å². The standard InChI is InChI=1S/C11H21N/c1-6-10(2)11(3)8-7-9-12(4)5/h2-3,6-9H2,1,4-5H3. The minimum Gasteiger partial charge on any atom is -0.309 e. The lowest BCUT2D eigenvalue weighted by Gasteiger charge is -2.10. The molecule has 0 radical (unpaired) electrons. The zero-order valence-electron chi connectivity index (χ0n) is 8.69. The van der Waals surface area contributed by atoms with Crippen LogP contribution < -0.4 is 0 Å². The van der Waals surface area contributed by atoms with Crippen molar-refractivity contribution in [3.8, 4) is 0 Å². The van der Waals surface area contributed by atoms with Crippen LogP contribution >= 0.6 is 0 Å². The molecule has 0 aliphatic rings. The number of nitrogens with zero attached hydrogens (tertiary/aromatic N) is 1. The molecule has 0 N–H and O–H groups in total. The molecule has 0 amide bonds. The smallest absolute Gasteiger partial charge is 0.00217 e. The van der Waals surface area contributed by atoms with Crippen molar-refractivity contribution in [2.45, 2.75) is 26.2 Å². The Balaban J connectivity index is 3.51. The van der Waals surface area contributed by atoms with Gasteiger partial charge in [0.1, 0.15) is 0 Å². The van der Waals surface area contributed by atoms with E-state index in [1.165, 1.54) is 17.6 Å². The third-order valence-electron chi connectivity index (χ3n) is 2.01. The summed E-state index contributed by atoms with van der Waals surface area (Å²) in [6.07, 6.45) is 3.30. The molecule has 0 saturated carbocycles. The van der Waals surface area contributed by atoms with Gasteiger partial charge in [0.25, 0.3) is 0 Å². The molecule has 0 rings (SSSR count). The molecule has 0 aromatic carbocycles. The maximum Gasteiger partial charge on any atom is -0.00217 e. The van der Waals surface area contributed by atoms with E-state index in [0.717, 1.165) is 19.4 Å². The first-order valence-corrected chi connectivity index (χ1v) is 4.58. The first-order chi connectivity index (χ1) is 5.57. The fraction of sp³-hybridized carbons (Fsp3) is 0.636. The maximum absolute atomic E-state index is 4.00. The summed E-state index contributed by atoms with van der Waals surface area (Å²) in [4.78, 5) is 2.20. The van der Waals surface area contributed by atoms with Gasteiger partial charge in [-0.05, 0) is 39.9 Å². The normalized spacial score (nSPS) is 10.3. The summed E-state index contributed by atoms with van der Waals surface area (Å²) in [6.45, 7) is 11.2. The van der Waals surface area contributed by atoms with Crippen LogP contribution in [0, 0.1) is 0 Å². The molecule has 0 bridgehead atoms. The topological polar surface area (TPSA) is 3.24 Å². The van der Waals surface area contributed by atoms with Crippen LogP contribution in [-0.4, -0.2) is 25.5 Å². The lowest BCUT2D eigenvalue weighted by Crippen LogP contribution is -2.12. The molecule has 0 unspecified atom stereocenters. The molecule has 1 nitrogen and oxygen atoms in total. The molecular formula is C11H21N. The fourth-order valence-electron chi connectivity index (χ4n) is 1.04. The van der Waals surface area contributed by atoms with E-state index >= 15 is 0 Å². The Morgan fingerprint density at radius 2 is 1.75 bits per heavy atom. The average molecular weight is 167 g/mol. The molecule has 0 heterocycles. The lowest BCUT2D eigenvalue weighted by molar-refractivity contribution is 0.400. The lowest BCUT2D eigenvalue weighted by atomic mass is 10.0. The van der Waals surface area contributed by atoms with Gasteiger partial charge < -0.3 is 4.90 Å². The second-order valence-corrected chi connectivity index (χ2v) is 3.47. The van der Waals surface area contributed by atoms with Crippen LogP contribution in [-0.2, 0) is 0 Å². The Labute approximate surface area is 76.8 Å². The highest BCUT2D eigenvalue weighted by Crippen LogP contribution is 2.14. The van der Waals surface area contributed by atoms with E-state index in [-0.39, 0.29) is 0 Å². The van der Waals surface area contributed by atoms with E-state index in [9.17, 15) is 0 Å². The number of allylic oxidation sites excluding steroid dienone is 2. The Hall–Kier alpha value is -0.560. The predicted octanol–water partition coefficient (Wildman–Crippen LogP) is 2.85. The predicted molar refractivity (Wildman–Crippen MR) is 56.4 cm³/mol. The molecule has 12 heavy (non-hydrogen) atoms. The van der Waals surface area contributed by atoms with Crippen molar-refractivity contribution in [1.82, 2.24) is 4.90 Å². The third-order valence-corrected chi connectivity index (χ3v) is 2.01. The summed E-state index contributed by atoms with van der Waals surface area (Å²) in [7, 11) is 4.19. The molecule has 0 saturated heterocycles. The third kappa shape index (κ3) is 5.14. The van der Waals surface area contributed by atoms with Crippen molar-refractivity contribution < 1.29 is 0 Å². The monoisotopic (exact) mass is 167 g/mol. The molecule has 0 fully saturated rings. The Bertz CT molecular complexity index is 156. The Morgan fingerprint density at radius 1 is 1.17 bits per heavy atom. The van der Waals surface area contributed by atoms with Gasteiger partial charge in [0.15, 0.2) is 0 Å². The first kappa shape index (κ1) is 11.4. The van der Waals surface area contributed by atoms with Crippen LogP contribution in [0.2, 0.25) is 0 Å². The van der Waals surface area contributed by atoms with Gasteiger partial charge >= 0.3 is 0 Å². The van der Waals surface area contributed by atoms with Gasteiger partial charge in [0, 0.05) is 0 Å². The molecule has 0 aromatic heterocycles. The highest BCUT2D eigenvalue weighted by molar-refractivity contribution is 5.24. The van der Waals surface area contributed by atoms with Crippen LogP contribution in [0.5, 0.6) is 0 Å². The molecule has 0 atom stereocenters. The van der Waals surface area contributed by atoms with Crippen LogP contribution in [0.15, 0.2) is 24.3 Å². The number of hydrogen-bond donors (Lipinski definition) is 0. The molecule has 0 spiro atoms. The summed E-state index contributed by atoms with van der Waals surface area (Å²) in [6, 6.07) is 0. The zero-order chi connectivity index (χ0) is 9.56. The van der Waals surface area contributed by atoms with E-state index in [0.29, 0.717) is 0 Å². The largest absolute Gasteiger partial charge is 0.309 e. The zero-order valence-corrected chi connectivity index (χ0v) is 8.69. The van der Waals surface area contributed by atoms with E-state index in [1.807, 2.05) is 0 Å². The molecule has 0 aliphatic carbocycles. The van der Waals surface area contributed by atoms with Crippen LogP contribution in [0.25, 0.3) is 0 Å². The van der Waals surface area contributed by atoms with E-state index in [4.69, 9.17) is 0 Å². The van der Waals surface area contributed by atoms with Gasteiger partial charge in [-0.1, -0.05) is 31.2 Å². The quantitative estimate of drug-likeness (QED) is 0.550. The number of rotatable bonds is 6. The second-order valence-electron chi connectivity index (χ2n) is 3.47. The van der Waals surface area contributed by atoms with E-state index < -0.39 is 0 Å². The summed E-state index contributed by atoms with van der Waals surface area (Å²) in [5, 5.41) is 0. The van der Waals surface area contributed by atoms with Gasteiger partial charge in [-0.3, -0.25) is 0 Å². The highest BCUT2D eigenvalue weighted by atomic mass is 15.0. The van der Waals surface area contributed by atoms with Crippen LogP contribution in [0.1, 0.15) is 26.2 Å². The van der Waals surface area contributed by atoms with E-state index in [2.05, 4.69) is 39.1 Å². The van der Waals surface area contributed by atoms with Gasteiger partial charge in [-0.15, -0.1) is 0 Å². The SMILES string of the molecule is C=C(CC)C(=C)CCCN(C)C. The average Bonchev–Trinajstić information content (AvgIpc) is 2.02. The van der Waals surface area contributed by atoms with Crippen molar-refractivity contribution in [2.75, 3.05) is 20.6 Å².